The van der Waals surface area contributed by atoms with Gasteiger partial charge in [0, 0.05) is 16.7 Å². The third-order valence-corrected chi connectivity index (χ3v) is 3.07. The lowest BCUT2D eigenvalue weighted by atomic mass is 10.1. The molecule has 14 heavy (non-hydrogen) atoms. The van der Waals surface area contributed by atoms with Gasteiger partial charge in [-0.2, -0.15) is 0 Å². The Bertz CT molecular complexity index is 369. The van der Waals surface area contributed by atoms with E-state index in [4.69, 9.17) is 5.84 Å². The van der Waals surface area contributed by atoms with Crippen molar-refractivity contribution in [1.29, 1.82) is 0 Å². The number of aromatic nitrogens is 2. The van der Waals surface area contributed by atoms with Crippen molar-refractivity contribution < 1.29 is 0 Å². The molecule has 76 valence electrons. The zero-order valence-electron chi connectivity index (χ0n) is 8.89. The van der Waals surface area contributed by atoms with Crippen molar-refractivity contribution in [1.82, 2.24) is 9.97 Å². The van der Waals surface area contributed by atoms with Crippen LogP contribution in [0.3, 0.4) is 0 Å². The first-order valence-corrected chi connectivity index (χ1v) is 4.89. The minimum Gasteiger partial charge on any atom is -0.308 e. The minimum absolute atomic E-state index is 0.198. The Hall–Kier alpha value is -1.16. The largest absolute Gasteiger partial charge is 0.308 e. The summed E-state index contributed by atoms with van der Waals surface area (Å²) in [5, 5.41) is 0. The number of aryl methyl sites for hydroxylation is 1. The SMILES string of the molecule is Cc1nc(C2(C)CC2)nc(NN)c1C. The second kappa shape index (κ2) is 2.92. The average Bonchev–Trinajstić information content (AvgIpc) is 2.89. The van der Waals surface area contributed by atoms with Crippen LogP contribution in [0.15, 0.2) is 0 Å². The third kappa shape index (κ3) is 1.35. The molecule has 0 amide bonds. The molecule has 0 aromatic carbocycles. The number of nitrogens with zero attached hydrogens (tertiary/aromatic N) is 2. The van der Waals surface area contributed by atoms with E-state index >= 15 is 0 Å². The average molecular weight is 192 g/mol. The van der Waals surface area contributed by atoms with E-state index in [9.17, 15) is 0 Å². The molecule has 0 radical (unpaired) electrons. The smallest absolute Gasteiger partial charge is 0.146 e. The lowest BCUT2D eigenvalue weighted by Gasteiger charge is -2.12. The third-order valence-electron chi connectivity index (χ3n) is 3.07. The predicted molar refractivity (Wildman–Crippen MR) is 55.9 cm³/mol. The zero-order chi connectivity index (χ0) is 10.3. The normalized spacial score (nSPS) is 18.0. The summed E-state index contributed by atoms with van der Waals surface area (Å²) in [4.78, 5) is 8.95. The van der Waals surface area contributed by atoms with Crippen LogP contribution in [0.2, 0.25) is 0 Å². The Balaban J connectivity index is 2.48. The number of hydrazine groups is 1. The highest BCUT2D eigenvalue weighted by Gasteiger charge is 2.42. The Kier molecular flexibility index (Phi) is 1.96. The van der Waals surface area contributed by atoms with Crippen molar-refractivity contribution in [2.75, 3.05) is 5.43 Å². The highest BCUT2D eigenvalue weighted by molar-refractivity contribution is 5.45. The van der Waals surface area contributed by atoms with Crippen molar-refractivity contribution in [3.8, 4) is 0 Å². The van der Waals surface area contributed by atoms with Crippen LogP contribution >= 0.6 is 0 Å². The summed E-state index contributed by atoms with van der Waals surface area (Å²) >= 11 is 0. The molecule has 0 spiro atoms. The van der Waals surface area contributed by atoms with Gasteiger partial charge < -0.3 is 5.43 Å². The Morgan fingerprint density at radius 3 is 2.43 bits per heavy atom. The summed E-state index contributed by atoms with van der Waals surface area (Å²) in [6.45, 7) is 6.16. The first-order chi connectivity index (χ1) is 6.57. The second-order valence-electron chi connectivity index (χ2n) is 4.31. The molecule has 1 saturated carbocycles. The molecule has 0 unspecified atom stereocenters. The molecule has 1 aliphatic rings. The van der Waals surface area contributed by atoms with Crippen LogP contribution in [-0.4, -0.2) is 9.97 Å². The van der Waals surface area contributed by atoms with E-state index in [1.807, 2.05) is 13.8 Å². The van der Waals surface area contributed by atoms with E-state index in [-0.39, 0.29) is 5.41 Å². The number of rotatable bonds is 2. The van der Waals surface area contributed by atoms with Gasteiger partial charge in [0.1, 0.15) is 11.6 Å². The van der Waals surface area contributed by atoms with E-state index in [0.717, 1.165) is 22.9 Å². The highest BCUT2D eigenvalue weighted by Crippen LogP contribution is 2.46. The monoisotopic (exact) mass is 192 g/mol. The number of nitrogen functional groups attached to an aromatic ring is 1. The van der Waals surface area contributed by atoms with E-state index in [2.05, 4.69) is 22.3 Å². The maximum Gasteiger partial charge on any atom is 0.146 e. The van der Waals surface area contributed by atoms with Gasteiger partial charge in [-0.3, -0.25) is 0 Å². The Labute approximate surface area is 83.9 Å². The van der Waals surface area contributed by atoms with Crippen LogP contribution in [0.4, 0.5) is 5.82 Å². The quantitative estimate of drug-likeness (QED) is 0.549. The molecule has 1 aromatic rings. The molecule has 1 aromatic heterocycles. The molecule has 1 fully saturated rings. The van der Waals surface area contributed by atoms with Gasteiger partial charge >= 0.3 is 0 Å². The van der Waals surface area contributed by atoms with Gasteiger partial charge in [-0.25, -0.2) is 15.8 Å². The molecule has 0 atom stereocenters. The molecule has 0 aliphatic heterocycles. The Morgan fingerprint density at radius 2 is 1.93 bits per heavy atom. The van der Waals surface area contributed by atoms with Crippen LogP contribution in [0.5, 0.6) is 0 Å². The standard InChI is InChI=1S/C10H16N4/c1-6-7(2)12-9(10(3)4-5-10)13-8(6)14-11/h4-5,11H2,1-3H3,(H,12,13,14). The molecule has 1 heterocycles. The minimum atomic E-state index is 0.198. The van der Waals surface area contributed by atoms with Crippen molar-refractivity contribution >= 4 is 5.82 Å². The van der Waals surface area contributed by atoms with Crippen molar-refractivity contribution in [2.45, 2.75) is 39.0 Å². The molecular formula is C10H16N4. The summed E-state index contributed by atoms with van der Waals surface area (Å²) in [7, 11) is 0. The number of anilines is 1. The van der Waals surface area contributed by atoms with Gasteiger partial charge in [-0.15, -0.1) is 0 Å². The predicted octanol–water partition coefficient (Wildman–Crippen LogP) is 1.43. The van der Waals surface area contributed by atoms with Gasteiger partial charge in [0.05, 0.1) is 0 Å². The second-order valence-corrected chi connectivity index (χ2v) is 4.31. The van der Waals surface area contributed by atoms with E-state index in [1.165, 1.54) is 12.8 Å². The fraction of sp³-hybridized carbons (Fsp3) is 0.600. The molecular weight excluding hydrogens is 176 g/mol. The first kappa shape index (κ1) is 9.40. The van der Waals surface area contributed by atoms with E-state index < -0.39 is 0 Å². The maximum atomic E-state index is 5.41. The topological polar surface area (TPSA) is 63.8 Å². The van der Waals surface area contributed by atoms with E-state index in [1.54, 1.807) is 0 Å². The summed E-state index contributed by atoms with van der Waals surface area (Å²) in [6.07, 6.45) is 2.36. The molecule has 4 nitrogen and oxygen atoms in total. The Morgan fingerprint density at radius 1 is 1.29 bits per heavy atom. The van der Waals surface area contributed by atoms with Crippen LogP contribution in [0.25, 0.3) is 0 Å². The molecule has 1 aliphatic carbocycles. The highest BCUT2D eigenvalue weighted by atomic mass is 15.3. The molecule has 3 N–H and O–H groups in total. The summed E-state index contributed by atoms with van der Waals surface area (Å²) in [5.41, 5.74) is 4.86. The fourth-order valence-corrected chi connectivity index (χ4v) is 1.45. The van der Waals surface area contributed by atoms with Crippen molar-refractivity contribution in [2.24, 2.45) is 5.84 Å². The maximum absolute atomic E-state index is 5.41. The summed E-state index contributed by atoms with van der Waals surface area (Å²) < 4.78 is 0. The van der Waals surface area contributed by atoms with Crippen molar-refractivity contribution in [3.63, 3.8) is 0 Å². The molecule has 2 rings (SSSR count). The number of hydrogen-bond donors (Lipinski definition) is 2. The molecule has 0 bridgehead atoms. The first-order valence-electron chi connectivity index (χ1n) is 4.89. The van der Waals surface area contributed by atoms with Crippen LogP contribution < -0.4 is 11.3 Å². The summed E-state index contributed by atoms with van der Waals surface area (Å²) in [6, 6.07) is 0. The van der Waals surface area contributed by atoms with E-state index in [0.29, 0.717) is 0 Å². The van der Waals surface area contributed by atoms with Crippen LogP contribution in [0, 0.1) is 13.8 Å². The lowest BCUT2D eigenvalue weighted by molar-refractivity contribution is 0.701. The van der Waals surface area contributed by atoms with Gasteiger partial charge in [0.25, 0.3) is 0 Å². The van der Waals surface area contributed by atoms with Crippen LogP contribution in [-0.2, 0) is 5.41 Å². The van der Waals surface area contributed by atoms with Crippen molar-refractivity contribution in [3.05, 3.63) is 17.1 Å². The van der Waals surface area contributed by atoms with Gasteiger partial charge in [0.15, 0.2) is 0 Å². The van der Waals surface area contributed by atoms with Gasteiger partial charge in [0.2, 0.25) is 0 Å². The van der Waals surface area contributed by atoms with Gasteiger partial charge in [-0.1, -0.05) is 6.92 Å². The number of hydrogen-bond acceptors (Lipinski definition) is 4. The molecule has 0 saturated heterocycles. The number of nitrogens with two attached hydrogens (primary N) is 1. The molecule has 4 heteroatoms. The zero-order valence-corrected chi connectivity index (χ0v) is 8.89. The van der Waals surface area contributed by atoms with Crippen LogP contribution in [0.1, 0.15) is 36.8 Å². The lowest BCUT2D eigenvalue weighted by Crippen LogP contribution is -2.16. The van der Waals surface area contributed by atoms with Gasteiger partial charge in [-0.05, 0) is 26.7 Å². The fourth-order valence-electron chi connectivity index (χ4n) is 1.45. The number of nitrogens with one attached hydrogen (secondary N) is 1. The summed E-state index contributed by atoms with van der Waals surface area (Å²) in [5.74, 6) is 7.09.